The minimum Gasteiger partial charge on any atom is -0.381 e. The van der Waals surface area contributed by atoms with E-state index in [0.29, 0.717) is 11.6 Å². The summed E-state index contributed by atoms with van der Waals surface area (Å²) in [5.74, 6) is 0.0157. The van der Waals surface area contributed by atoms with Gasteiger partial charge in [-0.3, -0.25) is 14.8 Å². The van der Waals surface area contributed by atoms with Gasteiger partial charge in [-0.25, -0.2) is 0 Å². The number of nitrogens with one attached hydrogen (secondary N) is 2. The van der Waals surface area contributed by atoms with Crippen molar-refractivity contribution in [3.05, 3.63) is 30.0 Å². The number of hydrogen-bond acceptors (Lipinski definition) is 4. The van der Waals surface area contributed by atoms with E-state index in [1.807, 2.05) is 18.2 Å². The van der Waals surface area contributed by atoms with Gasteiger partial charge >= 0.3 is 0 Å². The van der Waals surface area contributed by atoms with Gasteiger partial charge < -0.3 is 10.1 Å². The van der Waals surface area contributed by atoms with Crippen molar-refractivity contribution in [2.24, 2.45) is 0 Å². The zero-order chi connectivity index (χ0) is 17.1. The second-order valence-corrected chi connectivity index (χ2v) is 7.18. The fourth-order valence-corrected chi connectivity index (χ4v) is 4.02. The van der Waals surface area contributed by atoms with E-state index in [1.165, 1.54) is 12.8 Å². The van der Waals surface area contributed by atoms with Crippen LogP contribution in [0.5, 0.6) is 0 Å². The van der Waals surface area contributed by atoms with Crippen LogP contribution in [0.4, 0.5) is 0 Å². The number of nitrogens with zero attached hydrogens (tertiary/aromatic N) is 2. The molecule has 2 aromatic rings. The van der Waals surface area contributed by atoms with Gasteiger partial charge in [0.2, 0.25) is 0 Å². The van der Waals surface area contributed by atoms with Gasteiger partial charge in [-0.15, -0.1) is 0 Å². The molecule has 2 aliphatic heterocycles. The number of rotatable bonds is 3. The monoisotopic (exact) mass is 342 g/mol. The summed E-state index contributed by atoms with van der Waals surface area (Å²) in [6, 6.07) is 6.51. The number of aromatic nitrogens is 2. The zero-order valence-electron chi connectivity index (χ0n) is 14.5. The molecule has 2 N–H and O–H groups in total. The van der Waals surface area contributed by atoms with E-state index >= 15 is 0 Å². The first-order valence-corrected chi connectivity index (χ1v) is 9.35. The van der Waals surface area contributed by atoms with Crippen LogP contribution in [0.3, 0.4) is 0 Å². The molecule has 1 aromatic heterocycles. The molecule has 4 rings (SSSR count). The molecule has 2 fully saturated rings. The first-order valence-electron chi connectivity index (χ1n) is 9.35. The molecule has 1 unspecified atom stereocenters. The van der Waals surface area contributed by atoms with Gasteiger partial charge in [0.05, 0.1) is 11.7 Å². The summed E-state index contributed by atoms with van der Waals surface area (Å²) < 4.78 is 5.50. The van der Waals surface area contributed by atoms with Crippen molar-refractivity contribution < 1.29 is 9.53 Å². The fourth-order valence-electron chi connectivity index (χ4n) is 4.02. The summed E-state index contributed by atoms with van der Waals surface area (Å²) in [6.07, 6.45) is 7.41. The van der Waals surface area contributed by atoms with Crippen molar-refractivity contribution in [2.45, 2.75) is 44.2 Å². The lowest BCUT2D eigenvalue weighted by atomic mass is 10.1. The molecule has 0 spiro atoms. The Morgan fingerprint density at radius 1 is 1.24 bits per heavy atom. The third kappa shape index (κ3) is 3.85. The van der Waals surface area contributed by atoms with Crippen LogP contribution in [0.15, 0.2) is 24.4 Å². The zero-order valence-corrected chi connectivity index (χ0v) is 14.5. The summed E-state index contributed by atoms with van der Waals surface area (Å²) in [5, 5.41) is 11.2. The Balaban J connectivity index is 1.41. The lowest BCUT2D eigenvalue weighted by Gasteiger charge is -2.35. The summed E-state index contributed by atoms with van der Waals surface area (Å²) in [4.78, 5) is 15.3. The topological polar surface area (TPSA) is 70.2 Å². The first kappa shape index (κ1) is 16.5. The number of ether oxygens (including phenoxy) is 1. The van der Waals surface area contributed by atoms with Crippen molar-refractivity contribution >= 4 is 16.8 Å². The minimum absolute atomic E-state index is 0.0157. The lowest BCUT2D eigenvalue weighted by molar-refractivity contribution is 0.0326. The van der Waals surface area contributed by atoms with Gasteiger partial charge in [-0.2, -0.15) is 5.10 Å². The number of carbonyl (C=O) groups excluding carboxylic acids is 1. The van der Waals surface area contributed by atoms with Crippen LogP contribution in [0.1, 0.15) is 42.5 Å². The Bertz CT molecular complexity index is 723. The Morgan fingerprint density at radius 2 is 2.12 bits per heavy atom. The molecule has 6 nitrogen and oxygen atoms in total. The van der Waals surface area contributed by atoms with E-state index in [4.69, 9.17) is 4.74 Å². The van der Waals surface area contributed by atoms with Crippen molar-refractivity contribution in [1.29, 1.82) is 0 Å². The van der Waals surface area contributed by atoms with Crippen LogP contribution < -0.4 is 5.32 Å². The molecule has 25 heavy (non-hydrogen) atoms. The van der Waals surface area contributed by atoms with E-state index in [1.54, 1.807) is 6.20 Å². The van der Waals surface area contributed by atoms with Crippen LogP contribution in [-0.4, -0.2) is 59.4 Å². The molecule has 134 valence electrons. The van der Waals surface area contributed by atoms with Crippen molar-refractivity contribution in [2.75, 3.05) is 26.3 Å². The molecule has 0 saturated carbocycles. The SMILES string of the molecule is O=C(NC1CCCCN(C2CCOCC2)C1)c1ccc2[nH]ncc2c1. The lowest BCUT2D eigenvalue weighted by Crippen LogP contribution is -2.47. The predicted octanol–water partition coefficient (Wildman–Crippen LogP) is 2.33. The van der Waals surface area contributed by atoms with E-state index in [2.05, 4.69) is 20.4 Å². The molecule has 1 atom stereocenters. The van der Waals surface area contributed by atoms with Gasteiger partial charge in [-0.1, -0.05) is 6.42 Å². The third-order valence-electron chi connectivity index (χ3n) is 5.45. The van der Waals surface area contributed by atoms with Gasteiger partial charge in [0, 0.05) is 42.8 Å². The number of benzene rings is 1. The smallest absolute Gasteiger partial charge is 0.251 e. The maximum atomic E-state index is 12.7. The van der Waals surface area contributed by atoms with Crippen LogP contribution >= 0.6 is 0 Å². The van der Waals surface area contributed by atoms with Crippen molar-refractivity contribution in [3.8, 4) is 0 Å². The van der Waals surface area contributed by atoms with Crippen molar-refractivity contribution in [1.82, 2.24) is 20.4 Å². The Labute approximate surface area is 147 Å². The summed E-state index contributed by atoms with van der Waals surface area (Å²) in [6.45, 7) is 3.81. The average Bonchev–Trinajstić information content (AvgIpc) is 3.00. The van der Waals surface area contributed by atoms with E-state index in [-0.39, 0.29) is 11.9 Å². The number of fused-ring (bicyclic) bond motifs is 1. The van der Waals surface area contributed by atoms with Gasteiger partial charge in [0.25, 0.3) is 5.91 Å². The average molecular weight is 342 g/mol. The molecule has 0 radical (unpaired) electrons. The maximum absolute atomic E-state index is 12.7. The molecule has 2 aliphatic rings. The predicted molar refractivity (Wildman–Crippen MR) is 96.6 cm³/mol. The summed E-state index contributed by atoms with van der Waals surface area (Å²) in [5.41, 5.74) is 1.66. The number of amides is 1. The van der Waals surface area contributed by atoms with E-state index < -0.39 is 0 Å². The van der Waals surface area contributed by atoms with Crippen LogP contribution in [0.25, 0.3) is 10.9 Å². The molecule has 0 aliphatic carbocycles. The van der Waals surface area contributed by atoms with Crippen molar-refractivity contribution in [3.63, 3.8) is 0 Å². The number of carbonyl (C=O) groups is 1. The second kappa shape index (κ2) is 7.54. The van der Waals surface area contributed by atoms with Crippen LogP contribution in [0, 0.1) is 0 Å². The minimum atomic E-state index is 0.0157. The molecular weight excluding hydrogens is 316 g/mol. The molecule has 1 amide bonds. The number of aromatic amines is 1. The van der Waals surface area contributed by atoms with Crippen LogP contribution in [0.2, 0.25) is 0 Å². The quantitative estimate of drug-likeness (QED) is 0.898. The summed E-state index contributed by atoms with van der Waals surface area (Å²) in [7, 11) is 0. The van der Waals surface area contributed by atoms with E-state index in [0.717, 1.165) is 56.5 Å². The highest BCUT2D eigenvalue weighted by atomic mass is 16.5. The van der Waals surface area contributed by atoms with Gasteiger partial charge in [0.15, 0.2) is 0 Å². The third-order valence-corrected chi connectivity index (χ3v) is 5.45. The second-order valence-electron chi connectivity index (χ2n) is 7.18. The normalized spacial score (nSPS) is 23.4. The molecular formula is C19H26N4O2. The maximum Gasteiger partial charge on any atom is 0.251 e. The molecule has 2 saturated heterocycles. The van der Waals surface area contributed by atoms with Gasteiger partial charge in [-0.05, 0) is 50.4 Å². The highest BCUT2D eigenvalue weighted by Crippen LogP contribution is 2.20. The Hall–Kier alpha value is -1.92. The Morgan fingerprint density at radius 3 is 3.00 bits per heavy atom. The largest absolute Gasteiger partial charge is 0.381 e. The number of hydrogen-bond donors (Lipinski definition) is 2. The summed E-state index contributed by atoms with van der Waals surface area (Å²) >= 11 is 0. The van der Waals surface area contributed by atoms with E-state index in [9.17, 15) is 4.79 Å². The van der Waals surface area contributed by atoms with Gasteiger partial charge in [0.1, 0.15) is 0 Å². The highest BCUT2D eigenvalue weighted by molar-refractivity contribution is 5.98. The molecule has 3 heterocycles. The first-order chi connectivity index (χ1) is 12.3. The standard InChI is InChI=1S/C19H26N4O2/c24-19(14-4-5-18-15(11-14)12-20-22-18)21-16-3-1-2-8-23(13-16)17-6-9-25-10-7-17/h4-5,11-12,16-17H,1-3,6-10,13H2,(H,20,22)(H,21,24). The molecule has 6 heteroatoms. The number of H-pyrrole nitrogens is 1. The molecule has 1 aromatic carbocycles. The highest BCUT2D eigenvalue weighted by Gasteiger charge is 2.26. The molecule has 0 bridgehead atoms. The fraction of sp³-hybridized carbons (Fsp3) is 0.579. The number of likely N-dealkylation sites (tertiary alicyclic amines) is 1. The Kier molecular flexibility index (Phi) is 4.99. The van der Waals surface area contributed by atoms with Crippen LogP contribution in [-0.2, 0) is 4.74 Å².